The van der Waals surface area contributed by atoms with E-state index in [-0.39, 0.29) is 11.7 Å². The second-order valence-corrected chi connectivity index (χ2v) is 7.43. The van der Waals surface area contributed by atoms with Gasteiger partial charge >= 0.3 is 16.4 Å². The molecule has 3 atom stereocenters. The summed E-state index contributed by atoms with van der Waals surface area (Å²) in [4.78, 5) is 34.0. The minimum absolute atomic E-state index is 0.151. The van der Waals surface area contributed by atoms with Gasteiger partial charge in [-0.15, -0.1) is 4.28 Å². The SMILES string of the molecule is NC(CONC(=O)C1CC(F)(F)C2CN1C(=O)N2OS(=O)(=O)O)c1cccnc1. The number of alkyl halides is 2. The second-order valence-electron chi connectivity index (χ2n) is 6.43. The predicted octanol–water partition coefficient (Wildman–Crippen LogP) is -0.623. The molecule has 15 heteroatoms. The summed E-state index contributed by atoms with van der Waals surface area (Å²) < 4.78 is 63.0. The number of nitrogens with two attached hydrogens (primary N) is 1. The number of carbonyl (C=O) groups excluding carboxylic acids is 2. The Morgan fingerprint density at radius 2 is 2.24 bits per heavy atom. The summed E-state index contributed by atoms with van der Waals surface area (Å²) in [6.45, 7) is -0.885. The summed E-state index contributed by atoms with van der Waals surface area (Å²) in [5.41, 5.74) is 8.43. The van der Waals surface area contributed by atoms with Crippen LogP contribution in [-0.4, -0.2) is 71.0 Å². The fourth-order valence-corrected chi connectivity index (χ4v) is 3.42. The number of carbonyl (C=O) groups is 2. The van der Waals surface area contributed by atoms with Gasteiger partial charge in [0.1, 0.15) is 12.1 Å². The zero-order chi connectivity index (χ0) is 21.4. The lowest BCUT2D eigenvalue weighted by Crippen LogP contribution is -2.56. The number of hydrogen-bond donors (Lipinski definition) is 3. The third kappa shape index (κ3) is 4.59. The van der Waals surface area contributed by atoms with Crippen molar-refractivity contribution in [2.75, 3.05) is 13.2 Å². The van der Waals surface area contributed by atoms with Gasteiger partial charge in [-0.1, -0.05) is 6.07 Å². The van der Waals surface area contributed by atoms with Crippen molar-refractivity contribution >= 4 is 22.3 Å². The first-order chi connectivity index (χ1) is 13.5. The first-order valence-electron chi connectivity index (χ1n) is 8.21. The first-order valence-corrected chi connectivity index (χ1v) is 9.58. The standard InChI is InChI=1S/C14H17F2N5O7S/c15-14(16)4-10(20-6-11(14)21(13(20)23)28-29(24,25)26)12(22)19-27-7-9(17)8-2-1-3-18-5-8/h1-3,5,9-11H,4,6-7,17H2,(H,19,22)(H,24,25,26). The molecule has 2 fully saturated rings. The molecule has 2 saturated heterocycles. The number of amides is 3. The monoisotopic (exact) mass is 437 g/mol. The van der Waals surface area contributed by atoms with Crippen molar-refractivity contribution in [2.24, 2.45) is 5.73 Å². The molecule has 4 N–H and O–H groups in total. The highest BCUT2D eigenvalue weighted by Crippen LogP contribution is 2.41. The van der Waals surface area contributed by atoms with E-state index in [2.05, 4.69) is 9.27 Å². The number of piperidine rings is 1. The van der Waals surface area contributed by atoms with Crippen LogP contribution in [0.3, 0.4) is 0 Å². The molecule has 1 aromatic heterocycles. The number of fused-ring (bicyclic) bond motifs is 2. The van der Waals surface area contributed by atoms with Crippen molar-refractivity contribution in [3.8, 4) is 0 Å². The average molecular weight is 437 g/mol. The maximum absolute atomic E-state index is 14.4. The maximum Gasteiger partial charge on any atom is 0.418 e. The molecule has 2 aliphatic heterocycles. The van der Waals surface area contributed by atoms with Crippen LogP contribution in [0.25, 0.3) is 0 Å². The van der Waals surface area contributed by atoms with Crippen LogP contribution in [0.5, 0.6) is 0 Å². The van der Waals surface area contributed by atoms with Crippen LogP contribution in [-0.2, 0) is 24.3 Å². The number of rotatable bonds is 7. The lowest BCUT2D eigenvalue weighted by molar-refractivity contribution is -0.159. The van der Waals surface area contributed by atoms with Gasteiger partial charge < -0.3 is 10.6 Å². The number of pyridine rings is 1. The van der Waals surface area contributed by atoms with Crippen LogP contribution in [0.1, 0.15) is 18.0 Å². The van der Waals surface area contributed by atoms with Gasteiger partial charge in [-0.2, -0.15) is 13.5 Å². The molecule has 0 spiro atoms. The molecule has 12 nitrogen and oxygen atoms in total. The molecule has 0 radical (unpaired) electrons. The fourth-order valence-electron chi connectivity index (χ4n) is 3.05. The van der Waals surface area contributed by atoms with E-state index in [0.717, 1.165) is 0 Å². The zero-order valence-corrected chi connectivity index (χ0v) is 15.5. The van der Waals surface area contributed by atoms with Crippen LogP contribution < -0.4 is 11.2 Å². The minimum atomic E-state index is -5.22. The number of nitrogens with zero attached hydrogens (tertiary/aromatic N) is 3. The summed E-state index contributed by atoms with van der Waals surface area (Å²) in [5, 5.41) is -0.151. The normalized spacial score (nSPS) is 24.5. The van der Waals surface area contributed by atoms with Crippen LogP contribution in [0.4, 0.5) is 13.6 Å². The molecule has 3 amide bonds. The molecular formula is C14H17F2N5O7S. The molecule has 0 saturated carbocycles. The minimum Gasteiger partial charge on any atom is -0.322 e. The molecular weight excluding hydrogens is 420 g/mol. The van der Waals surface area contributed by atoms with E-state index in [1.165, 1.54) is 12.4 Å². The number of hydrogen-bond acceptors (Lipinski definition) is 8. The number of nitrogens with one attached hydrogen (secondary N) is 1. The van der Waals surface area contributed by atoms with Crippen molar-refractivity contribution in [1.29, 1.82) is 0 Å². The summed E-state index contributed by atoms with van der Waals surface area (Å²) in [7, 11) is -5.22. The first kappa shape index (κ1) is 21.3. The third-order valence-electron chi connectivity index (χ3n) is 4.44. The highest BCUT2D eigenvalue weighted by Gasteiger charge is 2.62. The largest absolute Gasteiger partial charge is 0.418 e. The average Bonchev–Trinajstić information content (AvgIpc) is 2.92. The van der Waals surface area contributed by atoms with Crippen LogP contribution in [0.2, 0.25) is 0 Å². The van der Waals surface area contributed by atoms with Gasteiger partial charge in [0.25, 0.3) is 11.8 Å². The molecule has 2 bridgehead atoms. The zero-order valence-electron chi connectivity index (χ0n) is 14.6. The van der Waals surface area contributed by atoms with E-state index in [1.54, 1.807) is 12.1 Å². The van der Waals surface area contributed by atoms with Gasteiger partial charge in [-0.05, 0) is 11.6 Å². The van der Waals surface area contributed by atoms with Gasteiger partial charge in [0, 0.05) is 18.8 Å². The van der Waals surface area contributed by atoms with Crippen molar-refractivity contribution < 1.29 is 40.5 Å². The summed E-state index contributed by atoms with van der Waals surface area (Å²) in [6, 6.07) is -2.28. The Bertz CT molecular complexity index is 888. The third-order valence-corrected chi connectivity index (χ3v) is 4.79. The number of urea groups is 1. The fraction of sp³-hybridized carbons (Fsp3) is 0.500. The molecule has 0 aliphatic carbocycles. The van der Waals surface area contributed by atoms with E-state index < -0.39 is 59.4 Å². The molecule has 3 rings (SSSR count). The predicted molar refractivity (Wildman–Crippen MR) is 89.0 cm³/mol. The van der Waals surface area contributed by atoms with E-state index in [0.29, 0.717) is 10.5 Å². The van der Waals surface area contributed by atoms with Gasteiger partial charge in [0.15, 0.2) is 0 Å². The summed E-state index contributed by atoms with van der Waals surface area (Å²) in [6.07, 6.45) is 1.93. The highest BCUT2D eigenvalue weighted by atomic mass is 32.3. The Kier molecular flexibility index (Phi) is 5.68. The molecule has 0 aromatic carbocycles. The lowest BCUT2D eigenvalue weighted by atomic mass is 9.96. The van der Waals surface area contributed by atoms with Gasteiger partial charge in [0.05, 0.1) is 19.2 Å². The van der Waals surface area contributed by atoms with Crippen LogP contribution in [0, 0.1) is 0 Å². The Hall–Kier alpha value is -2.46. The molecule has 1 aromatic rings. The number of halogens is 2. The van der Waals surface area contributed by atoms with E-state index in [4.69, 9.17) is 15.1 Å². The van der Waals surface area contributed by atoms with Gasteiger partial charge in [-0.25, -0.2) is 19.1 Å². The molecule has 3 unspecified atom stereocenters. The lowest BCUT2D eigenvalue weighted by Gasteiger charge is -2.34. The highest BCUT2D eigenvalue weighted by molar-refractivity contribution is 7.80. The van der Waals surface area contributed by atoms with Crippen molar-refractivity contribution in [3.05, 3.63) is 30.1 Å². The molecule has 29 heavy (non-hydrogen) atoms. The summed E-state index contributed by atoms with van der Waals surface area (Å²) >= 11 is 0. The van der Waals surface area contributed by atoms with Gasteiger partial charge in [0.2, 0.25) is 0 Å². The van der Waals surface area contributed by atoms with E-state index in [9.17, 15) is 26.8 Å². The molecule has 3 heterocycles. The van der Waals surface area contributed by atoms with Gasteiger partial charge in [-0.3, -0.25) is 19.2 Å². The quantitative estimate of drug-likeness (QED) is 0.372. The Morgan fingerprint density at radius 1 is 1.52 bits per heavy atom. The van der Waals surface area contributed by atoms with Crippen LogP contribution >= 0.6 is 0 Å². The maximum atomic E-state index is 14.4. The van der Waals surface area contributed by atoms with Crippen LogP contribution in [0.15, 0.2) is 24.5 Å². The topological polar surface area (TPSA) is 164 Å². The Balaban J connectivity index is 1.63. The smallest absolute Gasteiger partial charge is 0.322 e. The second kappa shape index (κ2) is 7.75. The van der Waals surface area contributed by atoms with E-state index in [1.807, 2.05) is 5.48 Å². The molecule has 2 aliphatic rings. The number of aromatic nitrogens is 1. The summed E-state index contributed by atoms with van der Waals surface area (Å²) in [5.74, 6) is -4.72. The Labute approximate surface area is 163 Å². The van der Waals surface area contributed by atoms with Crippen molar-refractivity contribution in [3.63, 3.8) is 0 Å². The number of hydroxylamine groups is 3. The van der Waals surface area contributed by atoms with Crippen molar-refractivity contribution in [2.45, 2.75) is 30.5 Å². The molecule has 160 valence electrons. The van der Waals surface area contributed by atoms with E-state index >= 15 is 0 Å². The Morgan fingerprint density at radius 3 is 2.86 bits per heavy atom. The van der Waals surface area contributed by atoms with Crippen molar-refractivity contribution in [1.82, 2.24) is 20.4 Å².